The number of aliphatic carboxylic acids is 1. The molecule has 0 saturated carbocycles. The number of piperidine rings is 1. The van der Waals surface area contributed by atoms with Crippen molar-refractivity contribution in [3.05, 3.63) is 30.5 Å². The molecule has 3 rings (SSSR count). The van der Waals surface area contributed by atoms with E-state index < -0.39 is 5.97 Å². The van der Waals surface area contributed by atoms with Gasteiger partial charge in [0.2, 0.25) is 0 Å². The number of carboxylic acids is 1. The fourth-order valence-corrected chi connectivity index (χ4v) is 2.95. The van der Waals surface area contributed by atoms with Gasteiger partial charge in [-0.15, -0.1) is 0 Å². The van der Waals surface area contributed by atoms with Crippen LogP contribution in [0.15, 0.2) is 30.5 Å². The third-order valence-corrected chi connectivity index (χ3v) is 3.87. The van der Waals surface area contributed by atoms with Crippen molar-refractivity contribution in [2.24, 2.45) is 0 Å². The number of hydrogen-bond acceptors (Lipinski definition) is 4. The Morgan fingerprint density at radius 3 is 3.05 bits per heavy atom. The van der Waals surface area contributed by atoms with Gasteiger partial charge in [-0.3, -0.25) is 4.79 Å². The Bertz CT molecular complexity index is 624. The molecular formula is C15H17N3O2. The number of carbonyl (C=O) groups is 1. The van der Waals surface area contributed by atoms with Crippen molar-refractivity contribution in [3.63, 3.8) is 0 Å². The molecule has 1 atom stereocenters. The molecule has 0 spiro atoms. The third-order valence-electron chi connectivity index (χ3n) is 3.87. The fraction of sp³-hybridized carbons (Fsp3) is 0.400. The fourth-order valence-electron chi connectivity index (χ4n) is 2.95. The lowest BCUT2D eigenvalue weighted by atomic mass is 9.98. The summed E-state index contributed by atoms with van der Waals surface area (Å²) in [5.74, 6) is -0.742. The van der Waals surface area contributed by atoms with Crippen molar-refractivity contribution >= 4 is 22.6 Å². The van der Waals surface area contributed by atoms with Gasteiger partial charge in [-0.25, -0.2) is 0 Å². The molecule has 104 valence electrons. The summed E-state index contributed by atoms with van der Waals surface area (Å²) in [6, 6.07) is 7.91. The van der Waals surface area contributed by atoms with Crippen molar-refractivity contribution in [2.45, 2.75) is 31.7 Å². The van der Waals surface area contributed by atoms with E-state index in [1.54, 1.807) is 6.20 Å². The quantitative estimate of drug-likeness (QED) is 0.928. The maximum absolute atomic E-state index is 11.1. The van der Waals surface area contributed by atoms with Crippen molar-refractivity contribution in [3.8, 4) is 0 Å². The molecule has 1 N–H and O–H groups in total. The van der Waals surface area contributed by atoms with Crippen molar-refractivity contribution < 1.29 is 9.90 Å². The van der Waals surface area contributed by atoms with Crippen LogP contribution in [0.4, 0.5) is 5.69 Å². The van der Waals surface area contributed by atoms with E-state index in [9.17, 15) is 4.79 Å². The van der Waals surface area contributed by atoms with Gasteiger partial charge in [0.1, 0.15) is 0 Å². The number of anilines is 1. The van der Waals surface area contributed by atoms with Gasteiger partial charge >= 0.3 is 5.97 Å². The van der Waals surface area contributed by atoms with Gasteiger partial charge < -0.3 is 10.0 Å². The predicted molar refractivity (Wildman–Crippen MR) is 76.8 cm³/mol. The Morgan fingerprint density at radius 2 is 2.20 bits per heavy atom. The zero-order valence-electron chi connectivity index (χ0n) is 11.2. The van der Waals surface area contributed by atoms with Gasteiger partial charge in [0.25, 0.3) is 0 Å². The Hall–Kier alpha value is -2.17. The topological polar surface area (TPSA) is 66.3 Å². The number of nitrogens with zero attached hydrogens (tertiary/aromatic N) is 3. The molecule has 5 heteroatoms. The Labute approximate surface area is 117 Å². The van der Waals surface area contributed by atoms with Crippen molar-refractivity contribution in [2.75, 3.05) is 11.4 Å². The van der Waals surface area contributed by atoms with E-state index in [0.717, 1.165) is 42.4 Å². The smallest absolute Gasteiger partial charge is 0.305 e. The van der Waals surface area contributed by atoms with Gasteiger partial charge in [-0.2, -0.15) is 10.2 Å². The molecule has 1 aromatic carbocycles. The molecule has 0 radical (unpaired) electrons. The molecule has 0 bridgehead atoms. The number of aromatic nitrogens is 2. The Kier molecular flexibility index (Phi) is 3.50. The Balaban J connectivity index is 2.01. The van der Waals surface area contributed by atoms with E-state index >= 15 is 0 Å². The first-order valence-corrected chi connectivity index (χ1v) is 6.94. The normalized spacial score (nSPS) is 19.2. The molecule has 1 saturated heterocycles. The van der Waals surface area contributed by atoms with Gasteiger partial charge in [0.15, 0.2) is 0 Å². The minimum atomic E-state index is -0.742. The average Bonchev–Trinajstić information content (AvgIpc) is 2.47. The molecule has 1 fully saturated rings. The van der Waals surface area contributed by atoms with Crippen LogP contribution in [-0.2, 0) is 4.79 Å². The zero-order valence-corrected chi connectivity index (χ0v) is 11.2. The molecule has 0 amide bonds. The molecular weight excluding hydrogens is 254 g/mol. The van der Waals surface area contributed by atoms with Gasteiger partial charge in [-0.05, 0) is 25.3 Å². The minimum Gasteiger partial charge on any atom is -0.481 e. The lowest BCUT2D eigenvalue weighted by Crippen LogP contribution is -2.41. The highest BCUT2D eigenvalue weighted by Crippen LogP contribution is 2.31. The summed E-state index contributed by atoms with van der Waals surface area (Å²) >= 11 is 0. The molecule has 5 nitrogen and oxygen atoms in total. The van der Waals surface area contributed by atoms with Crippen LogP contribution in [0.1, 0.15) is 25.7 Å². The number of carboxylic acid groups (broad SMARTS) is 1. The van der Waals surface area contributed by atoms with Gasteiger partial charge in [-0.1, -0.05) is 18.2 Å². The molecule has 2 aromatic rings. The van der Waals surface area contributed by atoms with E-state index in [2.05, 4.69) is 15.1 Å². The van der Waals surface area contributed by atoms with Crippen LogP contribution in [0.5, 0.6) is 0 Å². The third kappa shape index (κ3) is 2.43. The van der Waals surface area contributed by atoms with E-state index in [4.69, 9.17) is 5.11 Å². The van der Waals surface area contributed by atoms with E-state index in [-0.39, 0.29) is 12.5 Å². The van der Waals surface area contributed by atoms with Crippen molar-refractivity contribution in [1.82, 2.24) is 10.2 Å². The standard InChI is InChI=1S/C15H17N3O2/c19-15(20)9-11-5-3-4-8-18(11)14-10-16-17-13-7-2-1-6-12(13)14/h1-2,6-7,10-11H,3-5,8-9H2,(H,19,20). The number of fused-ring (bicyclic) bond motifs is 1. The second-order valence-corrected chi connectivity index (χ2v) is 5.19. The summed E-state index contributed by atoms with van der Waals surface area (Å²) in [6.45, 7) is 0.883. The molecule has 2 heterocycles. The molecule has 1 aromatic heterocycles. The SMILES string of the molecule is O=C(O)CC1CCCCN1c1cnnc2ccccc12. The summed E-state index contributed by atoms with van der Waals surface area (Å²) in [5.41, 5.74) is 1.85. The summed E-state index contributed by atoms with van der Waals surface area (Å²) in [5, 5.41) is 18.3. The monoisotopic (exact) mass is 271 g/mol. The highest BCUT2D eigenvalue weighted by Gasteiger charge is 2.26. The van der Waals surface area contributed by atoms with Crippen LogP contribution in [0.2, 0.25) is 0 Å². The highest BCUT2D eigenvalue weighted by atomic mass is 16.4. The summed E-state index contributed by atoms with van der Waals surface area (Å²) in [7, 11) is 0. The largest absolute Gasteiger partial charge is 0.481 e. The van der Waals surface area contributed by atoms with Gasteiger partial charge in [0, 0.05) is 18.0 Å². The molecule has 1 aliphatic rings. The first kappa shape index (κ1) is 12.8. The first-order valence-electron chi connectivity index (χ1n) is 6.94. The first-order chi connectivity index (χ1) is 9.75. The van der Waals surface area contributed by atoms with Crippen molar-refractivity contribution in [1.29, 1.82) is 0 Å². The maximum atomic E-state index is 11.1. The second kappa shape index (κ2) is 5.45. The molecule has 20 heavy (non-hydrogen) atoms. The van der Waals surface area contributed by atoms with Gasteiger partial charge in [0.05, 0.1) is 23.8 Å². The second-order valence-electron chi connectivity index (χ2n) is 5.19. The molecule has 1 aliphatic heterocycles. The molecule has 1 unspecified atom stereocenters. The zero-order chi connectivity index (χ0) is 13.9. The number of hydrogen-bond donors (Lipinski definition) is 1. The average molecular weight is 271 g/mol. The van der Waals surface area contributed by atoms with E-state index in [0.29, 0.717) is 0 Å². The summed E-state index contributed by atoms with van der Waals surface area (Å²) in [6.07, 6.45) is 5.03. The minimum absolute atomic E-state index is 0.0499. The predicted octanol–water partition coefficient (Wildman–Crippen LogP) is 2.46. The van der Waals surface area contributed by atoms with Crippen LogP contribution < -0.4 is 4.90 Å². The number of benzene rings is 1. The number of rotatable bonds is 3. The molecule has 0 aliphatic carbocycles. The van der Waals surface area contributed by atoms with Crippen LogP contribution in [0.25, 0.3) is 10.9 Å². The lowest BCUT2D eigenvalue weighted by Gasteiger charge is -2.37. The maximum Gasteiger partial charge on any atom is 0.305 e. The summed E-state index contributed by atoms with van der Waals surface area (Å²) < 4.78 is 0. The van der Waals surface area contributed by atoms with E-state index in [1.165, 1.54) is 0 Å². The Morgan fingerprint density at radius 1 is 1.35 bits per heavy atom. The van der Waals surface area contributed by atoms with Crippen LogP contribution in [0, 0.1) is 0 Å². The lowest BCUT2D eigenvalue weighted by molar-refractivity contribution is -0.137. The highest BCUT2D eigenvalue weighted by molar-refractivity contribution is 5.91. The van der Waals surface area contributed by atoms with E-state index in [1.807, 2.05) is 24.3 Å². The summed E-state index contributed by atoms with van der Waals surface area (Å²) in [4.78, 5) is 13.2. The van der Waals surface area contributed by atoms with Crippen LogP contribution in [-0.4, -0.2) is 33.9 Å². The van der Waals surface area contributed by atoms with Crippen LogP contribution in [0.3, 0.4) is 0 Å². The van der Waals surface area contributed by atoms with Crippen LogP contribution >= 0.6 is 0 Å².